The predicted octanol–water partition coefficient (Wildman–Crippen LogP) is 4.67. The van der Waals surface area contributed by atoms with Crippen LogP contribution in [0.3, 0.4) is 0 Å². The van der Waals surface area contributed by atoms with E-state index in [9.17, 15) is 4.79 Å². The molecule has 3 aromatic rings. The molecule has 144 valence electrons. The summed E-state index contributed by atoms with van der Waals surface area (Å²) in [5.74, 6) is 1.17. The molecule has 2 heterocycles. The molecule has 2 aromatic carbocycles. The molecule has 0 aliphatic carbocycles. The summed E-state index contributed by atoms with van der Waals surface area (Å²) >= 11 is 6.12. The molecule has 0 atom stereocenters. The molecule has 1 aromatic heterocycles. The van der Waals surface area contributed by atoms with Crippen LogP contribution in [0.5, 0.6) is 11.5 Å². The Bertz CT molecular complexity index is 1030. The van der Waals surface area contributed by atoms with Gasteiger partial charge in [0.2, 0.25) is 0 Å². The van der Waals surface area contributed by atoms with Gasteiger partial charge in [-0.15, -0.1) is 0 Å². The van der Waals surface area contributed by atoms with Gasteiger partial charge >= 0.3 is 0 Å². The predicted molar refractivity (Wildman–Crippen MR) is 108 cm³/mol. The molecule has 0 unspecified atom stereocenters. The number of carbonyl (C=O) groups excluding carboxylic acids is 1. The van der Waals surface area contributed by atoms with E-state index in [0.29, 0.717) is 41.0 Å². The Morgan fingerprint density at radius 2 is 1.93 bits per heavy atom. The summed E-state index contributed by atoms with van der Waals surface area (Å²) in [4.78, 5) is 13.0. The number of halogens is 1. The molecule has 28 heavy (non-hydrogen) atoms. The van der Waals surface area contributed by atoms with Crippen LogP contribution in [0.4, 0.5) is 5.69 Å². The Morgan fingerprint density at radius 1 is 1.14 bits per heavy atom. The fourth-order valence-corrected chi connectivity index (χ4v) is 3.41. The number of carbonyl (C=O) groups is 1. The van der Waals surface area contributed by atoms with E-state index in [-0.39, 0.29) is 11.8 Å². The van der Waals surface area contributed by atoms with Crippen molar-refractivity contribution in [1.29, 1.82) is 0 Å². The third-order valence-electron chi connectivity index (χ3n) is 4.45. The second-order valence-corrected chi connectivity index (χ2v) is 7.24. The van der Waals surface area contributed by atoms with Gasteiger partial charge in [0, 0.05) is 16.8 Å². The van der Waals surface area contributed by atoms with E-state index in [2.05, 4.69) is 10.4 Å². The molecule has 6 nitrogen and oxygen atoms in total. The van der Waals surface area contributed by atoms with Crippen molar-refractivity contribution >= 4 is 23.2 Å². The summed E-state index contributed by atoms with van der Waals surface area (Å²) in [7, 11) is 0. The van der Waals surface area contributed by atoms with Gasteiger partial charge in [-0.2, -0.15) is 5.10 Å². The molecule has 0 fully saturated rings. The zero-order chi connectivity index (χ0) is 19.7. The minimum absolute atomic E-state index is 0.0856. The summed E-state index contributed by atoms with van der Waals surface area (Å²) in [6, 6.07) is 12.8. The van der Waals surface area contributed by atoms with E-state index in [4.69, 9.17) is 21.1 Å². The summed E-state index contributed by atoms with van der Waals surface area (Å²) in [5.41, 5.74) is 2.79. The Morgan fingerprint density at radius 3 is 2.68 bits per heavy atom. The molecule has 0 saturated heterocycles. The molecule has 0 radical (unpaired) electrons. The second kappa shape index (κ2) is 7.56. The Hall–Kier alpha value is -2.99. The highest BCUT2D eigenvalue weighted by molar-refractivity contribution is 6.30. The number of fused-ring (bicyclic) bond motifs is 1. The van der Waals surface area contributed by atoms with Crippen molar-refractivity contribution in [3.05, 3.63) is 64.9 Å². The molecule has 0 bridgehead atoms. The first-order valence-electron chi connectivity index (χ1n) is 9.08. The molecule has 4 rings (SSSR count). The lowest BCUT2D eigenvalue weighted by molar-refractivity contribution is 0.102. The number of anilines is 1. The molecular weight excluding hydrogens is 378 g/mol. The Balaban J connectivity index is 1.64. The molecular formula is C21H20ClN3O3. The monoisotopic (exact) mass is 397 g/mol. The van der Waals surface area contributed by atoms with E-state index in [1.165, 1.54) is 0 Å². The van der Waals surface area contributed by atoms with Gasteiger partial charge in [-0.1, -0.05) is 31.5 Å². The highest BCUT2D eigenvalue weighted by Gasteiger charge is 2.22. The van der Waals surface area contributed by atoms with E-state index in [1.54, 1.807) is 35.1 Å². The maximum absolute atomic E-state index is 13.0. The summed E-state index contributed by atoms with van der Waals surface area (Å²) in [6.45, 7) is 5.07. The van der Waals surface area contributed by atoms with Crippen LogP contribution in [0.15, 0.2) is 48.7 Å². The fraction of sp³-hybridized carbons (Fsp3) is 0.238. The summed E-state index contributed by atoms with van der Waals surface area (Å²) in [6.07, 6.45) is 1.59. The van der Waals surface area contributed by atoms with Crippen molar-refractivity contribution in [3.8, 4) is 17.2 Å². The van der Waals surface area contributed by atoms with Gasteiger partial charge in [-0.25, -0.2) is 4.68 Å². The number of rotatable bonds is 4. The SMILES string of the molecule is CC(C)c1c(C(=O)Nc2ccc3c(c2)OCCO3)cnn1-c1cccc(Cl)c1. The van der Waals surface area contributed by atoms with Gasteiger partial charge in [0.15, 0.2) is 11.5 Å². The van der Waals surface area contributed by atoms with Crippen molar-refractivity contribution in [2.24, 2.45) is 0 Å². The zero-order valence-electron chi connectivity index (χ0n) is 15.6. The van der Waals surface area contributed by atoms with E-state index in [1.807, 2.05) is 32.0 Å². The number of benzene rings is 2. The van der Waals surface area contributed by atoms with Gasteiger partial charge < -0.3 is 14.8 Å². The number of hydrogen-bond acceptors (Lipinski definition) is 4. The third-order valence-corrected chi connectivity index (χ3v) is 4.69. The topological polar surface area (TPSA) is 65.4 Å². The lowest BCUT2D eigenvalue weighted by atomic mass is 10.0. The van der Waals surface area contributed by atoms with Gasteiger partial charge in [0.1, 0.15) is 13.2 Å². The standard InChI is InChI=1S/C21H20ClN3O3/c1-13(2)20-17(12-23-25(20)16-5-3-4-14(22)10-16)21(26)24-15-6-7-18-19(11-15)28-9-8-27-18/h3-7,10-13H,8-9H2,1-2H3,(H,24,26). The average molecular weight is 398 g/mol. The summed E-state index contributed by atoms with van der Waals surface area (Å²) in [5, 5.41) is 7.98. The van der Waals surface area contributed by atoms with Crippen LogP contribution in [-0.2, 0) is 0 Å². The van der Waals surface area contributed by atoms with E-state index in [0.717, 1.165) is 11.4 Å². The highest BCUT2D eigenvalue weighted by Crippen LogP contribution is 2.33. The quantitative estimate of drug-likeness (QED) is 0.694. The molecule has 0 saturated carbocycles. The minimum Gasteiger partial charge on any atom is -0.486 e. The van der Waals surface area contributed by atoms with Crippen LogP contribution < -0.4 is 14.8 Å². The zero-order valence-corrected chi connectivity index (χ0v) is 16.4. The maximum Gasteiger partial charge on any atom is 0.259 e. The molecule has 1 amide bonds. The van der Waals surface area contributed by atoms with E-state index >= 15 is 0 Å². The molecule has 1 N–H and O–H groups in total. The van der Waals surface area contributed by atoms with E-state index < -0.39 is 0 Å². The van der Waals surface area contributed by atoms with Crippen molar-refractivity contribution in [2.45, 2.75) is 19.8 Å². The normalized spacial score (nSPS) is 12.9. The van der Waals surface area contributed by atoms with Gasteiger partial charge in [0.05, 0.1) is 23.1 Å². The van der Waals surface area contributed by atoms with Crippen molar-refractivity contribution in [1.82, 2.24) is 9.78 Å². The molecule has 0 spiro atoms. The highest BCUT2D eigenvalue weighted by atomic mass is 35.5. The third kappa shape index (κ3) is 3.55. The first-order chi connectivity index (χ1) is 13.5. The molecule has 1 aliphatic heterocycles. The first-order valence-corrected chi connectivity index (χ1v) is 9.45. The second-order valence-electron chi connectivity index (χ2n) is 6.80. The number of aromatic nitrogens is 2. The molecule has 1 aliphatic rings. The number of ether oxygens (including phenoxy) is 2. The number of nitrogens with zero attached hydrogens (tertiary/aromatic N) is 2. The van der Waals surface area contributed by atoms with Crippen LogP contribution in [0.1, 0.15) is 35.8 Å². The number of amides is 1. The van der Waals surface area contributed by atoms with Crippen LogP contribution in [0, 0.1) is 0 Å². The minimum atomic E-state index is -0.228. The lowest BCUT2D eigenvalue weighted by Gasteiger charge is -2.19. The molecule has 7 heteroatoms. The van der Waals surface area contributed by atoms with Crippen LogP contribution in [0.25, 0.3) is 5.69 Å². The maximum atomic E-state index is 13.0. The van der Waals surface area contributed by atoms with Crippen molar-refractivity contribution in [3.63, 3.8) is 0 Å². The smallest absolute Gasteiger partial charge is 0.259 e. The van der Waals surface area contributed by atoms with Crippen molar-refractivity contribution in [2.75, 3.05) is 18.5 Å². The number of hydrogen-bond donors (Lipinski definition) is 1. The van der Waals surface area contributed by atoms with Crippen LogP contribution in [-0.4, -0.2) is 28.9 Å². The van der Waals surface area contributed by atoms with Crippen LogP contribution in [0.2, 0.25) is 5.02 Å². The van der Waals surface area contributed by atoms with Crippen molar-refractivity contribution < 1.29 is 14.3 Å². The van der Waals surface area contributed by atoms with Gasteiger partial charge in [-0.05, 0) is 36.2 Å². The fourth-order valence-electron chi connectivity index (χ4n) is 3.22. The summed E-state index contributed by atoms with van der Waals surface area (Å²) < 4.78 is 12.9. The van der Waals surface area contributed by atoms with Gasteiger partial charge in [-0.3, -0.25) is 4.79 Å². The number of nitrogens with one attached hydrogen (secondary N) is 1. The van der Waals surface area contributed by atoms with Gasteiger partial charge in [0.25, 0.3) is 5.91 Å². The largest absolute Gasteiger partial charge is 0.486 e. The first kappa shape index (κ1) is 18.4. The van der Waals surface area contributed by atoms with Crippen LogP contribution >= 0.6 is 11.6 Å². The average Bonchev–Trinajstić information content (AvgIpc) is 3.13. The Kier molecular flexibility index (Phi) is 4.96. The lowest BCUT2D eigenvalue weighted by Crippen LogP contribution is -2.17. The Labute approximate surface area is 168 Å².